The average molecular weight is 382 g/mol. The van der Waals surface area contributed by atoms with Gasteiger partial charge < -0.3 is 14.2 Å². The molecule has 0 aliphatic carbocycles. The lowest BCUT2D eigenvalue weighted by molar-refractivity contribution is -0.384. The monoisotopic (exact) mass is 382 g/mol. The predicted molar refractivity (Wildman–Crippen MR) is 102 cm³/mol. The van der Waals surface area contributed by atoms with Crippen molar-refractivity contribution in [2.45, 2.75) is 6.92 Å². The van der Waals surface area contributed by atoms with Gasteiger partial charge >= 0.3 is 5.97 Å². The fourth-order valence-electron chi connectivity index (χ4n) is 2.34. The van der Waals surface area contributed by atoms with Crippen molar-refractivity contribution in [2.75, 3.05) is 20.3 Å². The van der Waals surface area contributed by atoms with E-state index in [1.807, 2.05) is 0 Å². The highest BCUT2D eigenvalue weighted by Crippen LogP contribution is 2.30. The first-order valence-corrected chi connectivity index (χ1v) is 8.31. The fraction of sp³-hybridized carbons (Fsp3) is 0.200. The molecule has 2 aromatic rings. The molecule has 28 heavy (non-hydrogen) atoms. The lowest BCUT2D eigenvalue weighted by Gasteiger charge is -2.11. The summed E-state index contributed by atoms with van der Waals surface area (Å²) in [6.07, 6.45) is 1.62. The number of allylic oxidation sites excluding steroid dienone is 1. The molecule has 8 heteroatoms. The normalized spacial score (nSPS) is 10.7. The Morgan fingerprint density at radius 2 is 1.93 bits per heavy atom. The van der Waals surface area contributed by atoms with E-state index in [0.717, 1.165) is 0 Å². The van der Waals surface area contributed by atoms with Crippen LogP contribution in [0.4, 0.5) is 5.69 Å². The summed E-state index contributed by atoms with van der Waals surface area (Å²) in [4.78, 5) is 21.7. The molecule has 0 radical (unpaired) electrons. The molecule has 2 rings (SSSR count). The first kappa shape index (κ1) is 20.5. The van der Waals surface area contributed by atoms with Crippen molar-refractivity contribution in [2.24, 2.45) is 0 Å². The van der Waals surface area contributed by atoms with E-state index < -0.39 is 10.9 Å². The molecule has 0 saturated carbocycles. The number of carbonyl (C=O) groups is 1. The third-order valence-corrected chi connectivity index (χ3v) is 3.66. The number of rotatable bonds is 8. The van der Waals surface area contributed by atoms with Gasteiger partial charge in [-0.15, -0.1) is 0 Å². The summed E-state index contributed by atoms with van der Waals surface area (Å²) >= 11 is 0. The lowest BCUT2D eigenvalue weighted by Crippen LogP contribution is -2.14. The Bertz CT molecular complexity index is 929. The minimum absolute atomic E-state index is 0.0502. The summed E-state index contributed by atoms with van der Waals surface area (Å²) < 4.78 is 15.5. The largest absolute Gasteiger partial charge is 0.493 e. The van der Waals surface area contributed by atoms with Crippen LogP contribution in [0.5, 0.6) is 11.5 Å². The molecule has 0 bridgehead atoms. The molecule has 0 aromatic heterocycles. The summed E-state index contributed by atoms with van der Waals surface area (Å²) in [6, 6.07) is 12.8. The molecule has 144 valence electrons. The van der Waals surface area contributed by atoms with E-state index in [2.05, 4.69) is 6.07 Å². The number of nitro benzene ring substituents is 1. The smallest absolute Gasteiger partial charge is 0.344 e. The van der Waals surface area contributed by atoms with Gasteiger partial charge in [-0.25, -0.2) is 4.79 Å². The second kappa shape index (κ2) is 9.73. The zero-order valence-corrected chi connectivity index (χ0v) is 15.4. The van der Waals surface area contributed by atoms with E-state index in [0.29, 0.717) is 28.2 Å². The minimum Gasteiger partial charge on any atom is -0.493 e. The summed E-state index contributed by atoms with van der Waals surface area (Å²) in [5.41, 5.74) is 1.49. The second-order valence-corrected chi connectivity index (χ2v) is 5.48. The van der Waals surface area contributed by atoms with Gasteiger partial charge in [-0.05, 0) is 48.4 Å². The Kier molecular flexibility index (Phi) is 7.11. The van der Waals surface area contributed by atoms with E-state index >= 15 is 0 Å². The van der Waals surface area contributed by atoms with Gasteiger partial charge in [0.05, 0.1) is 30.3 Å². The first-order valence-electron chi connectivity index (χ1n) is 8.31. The van der Waals surface area contributed by atoms with E-state index in [1.54, 1.807) is 31.2 Å². The molecular weight excluding hydrogens is 364 g/mol. The number of nitriles is 1. The maximum absolute atomic E-state index is 11.4. The van der Waals surface area contributed by atoms with Gasteiger partial charge in [0.1, 0.15) is 0 Å². The molecule has 0 heterocycles. The molecule has 2 aromatic carbocycles. The lowest BCUT2D eigenvalue weighted by atomic mass is 10.0. The molecule has 0 aliphatic rings. The highest BCUT2D eigenvalue weighted by atomic mass is 16.6. The van der Waals surface area contributed by atoms with Crippen LogP contribution < -0.4 is 9.47 Å². The van der Waals surface area contributed by atoms with Crippen molar-refractivity contribution in [3.8, 4) is 17.6 Å². The molecule has 8 nitrogen and oxygen atoms in total. The van der Waals surface area contributed by atoms with Crippen molar-refractivity contribution < 1.29 is 23.9 Å². The highest BCUT2D eigenvalue weighted by molar-refractivity contribution is 5.90. The van der Waals surface area contributed by atoms with Crippen LogP contribution in [-0.2, 0) is 9.53 Å². The molecule has 0 atom stereocenters. The standard InChI is InChI=1S/C20H18N2O6/c1-3-27-20(23)13-28-18-9-4-14(11-19(18)26-2)10-16(12-21)15-5-7-17(8-6-15)22(24)25/h4-11H,3,13H2,1-2H3. The summed E-state index contributed by atoms with van der Waals surface area (Å²) in [5, 5.41) is 20.2. The number of ether oxygens (including phenoxy) is 3. The van der Waals surface area contributed by atoms with Gasteiger partial charge in [0.25, 0.3) is 5.69 Å². The van der Waals surface area contributed by atoms with Gasteiger partial charge in [0.2, 0.25) is 0 Å². The topological polar surface area (TPSA) is 112 Å². The number of carbonyl (C=O) groups excluding carboxylic acids is 1. The molecule has 0 N–H and O–H groups in total. The van der Waals surface area contributed by atoms with E-state index in [4.69, 9.17) is 14.2 Å². The average Bonchev–Trinajstić information content (AvgIpc) is 2.71. The molecule has 0 unspecified atom stereocenters. The van der Waals surface area contributed by atoms with Crippen LogP contribution in [-0.4, -0.2) is 31.2 Å². The summed E-state index contributed by atoms with van der Waals surface area (Å²) in [7, 11) is 1.46. The van der Waals surface area contributed by atoms with Crippen LogP contribution in [0.25, 0.3) is 11.6 Å². The number of nitro groups is 1. The molecule has 0 saturated heterocycles. The third kappa shape index (κ3) is 5.32. The number of hydrogen-bond acceptors (Lipinski definition) is 7. The number of nitrogens with zero attached hydrogens (tertiary/aromatic N) is 2. The number of hydrogen-bond donors (Lipinski definition) is 0. The Morgan fingerprint density at radius 1 is 1.21 bits per heavy atom. The van der Waals surface area contributed by atoms with Crippen LogP contribution in [0.1, 0.15) is 18.1 Å². The van der Waals surface area contributed by atoms with Crippen LogP contribution in [0.2, 0.25) is 0 Å². The van der Waals surface area contributed by atoms with Crippen molar-refractivity contribution in [1.82, 2.24) is 0 Å². The Balaban J connectivity index is 2.24. The number of esters is 1. The van der Waals surface area contributed by atoms with Gasteiger partial charge in [-0.3, -0.25) is 10.1 Å². The van der Waals surface area contributed by atoms with E-state index in [9.17, 15) is 20.2 Å². The van der Waals surface area contributed by atoms with Gasteiger partial charge in [0, 0.05) is 12.1 Å². The fourth-order valence-corrected chi connectivity index (χ4v) is 2.34. The van der Waals surface area contributed by atoms with Crippen LogP contribution in [0.3, 0.4) is 0 Å². The van der Waals surface area contributed by atoms with Crippen LogP contribution >= 0.6 is 0 Å². The van der Waals surface area contributed by atoms with Crippen molar-refractivity contribution in [3.05, 3.63) is 63.7 Å². The maximum Gasteiger partial charge on any atom is 0.344 e. The van der Waals surface area contributed by atoms with E-state index in [-0.39, 0.29) is 18.9 Å². The quantitative estimate of drug-likeness (QED) is 0.225. The highest BCUT2D eigenvalue weighted by Gasteiger charge is 2.10. The van der Waals surface area contributed by atoms with Crippen LogP contribution in [0, 0.1) is 21.4 Å². The van der Waals surface area contributed by atoms with Crippen molar-refractivity contribution in [3.63, 3.8) is 0 Å². The summed E-state index contributed by atoms with van der Waals surface area (Å²) in [5.74, 6) is 0.263. The van der Waals surface area contributed by atoms with Gasteiger partial charge in [0.15, 0.2) is 18.1 Å². The molecular formula is C20H18N2O6. The number of non-ortho nitro benzene ring substituents is 1. The SMILES string of the molecule is CCOC(=O)COc1ccc(C=C(C#N)c2ccc([N+](=O)[O-])cc2)cc1OC. The first-order chi connectivity index (χ1) is 13.5. The maximum atomic E-state index is 11.4. The molecule has 0 fully saturated rings. The van der Waals surface area contributed by atoms with Gasteiger partial charge in [-0.1, -0.05) is 6.07 Å². The molecule has 0 amide bonds. The van der Waals surface area contributed by atoms with Crippen molar-refractivity contribution in [1.29, 1.82) is 5.26 Å². The summed E-state index contributed by atoms with van der Waals surface area (Å²) in [6.45, 7) is 1.73. The zero-order chi connectivity index (χ0) is 20.5. The molecule has 0 spiro atoms. The Hall–Kier alpha value is -3.86. The zero-order valence-electron chi connectivity index (χ0n) is 15.4. The molecule has 0 aliphatic heterocycles. The van der Waals surface area contributed by atoms with Gasteiger partial charge in [-0.2, -0.15) is 5.26 Å². The Labute approximate surface area is 161 Å². The van der Waals surface area contributed by atoms with Crippen molar-refractivity contribution >= 4 is 23.3 Å². The number of benzene rings is 2. The number of methoxy groups -OCH3 is 1. The van der Waals surface area contributed by atoms with E-state index in [1.165, 1.54) is 31.4 Å². The second-order valence-electron chi connectivity index (χ2n) is 5.48. The Morgan fingerprint density at radius 3 is 2.50 bits per heavy atom. The minimum atomic E-state index is -0.501. The third-order valence-electron chi connectivity index (χ3n) is 3.66. The van der Waals surface area contributed by atoms with Crippen LogP contribution in [0.15, 0.2) is 42.5 Å². The predicted octanol–water partition coefficient (Wildman–Crippen LogP) is 3.61.